The Hall–Kier alpha value is -0.650. The SMILES string of the molecule is CCCCCCCCCCCCCCCCCCCCCCCCCCCCCCCCC(O)C(=O)NC(CO)C(O)CCCCCCCCCCC. The molecule has 0 fully saturated rings. The van der Waals surface area contributed by atoms with Gasteiger partial charge in [0.05, 0.1) is 18.8 Å². The molecule has 53 heavy (non-hydrogen) atoms. The average Bonchev–Trinajstić information content (AvgIpc) is 3.16. The lowest BCUT2D eigenvalue weighted by Gasteiger charge is -2.23. The molecule has 5 heteroatoms. The van der Waals surface area contributed by atoms with E-state index in [2.05, 4.69) is 19.2 Å². The number of unbranched alkanes of at least 4 members (excludes halogenated alkanes) is 37. The predicted molar refractivity (Wildman–Crippen MR) is 232 cm³/mol. The summed E-state index contributed by atoms with van der Waals surface area (Å²) in [5.74, 6) is -0.467. The summed E-state index contributed by atoms with van der Waals surface area (Å²) in [5, 5.41) is 33.2. The van der Waals surface area contributed by atoms with E-state index in [1.807, 2.05) is 0 Å². The zero-order chi connectivity index (χ0) is 38.7. The molecule has 3 atom stereocenters. The molecule has 0 radical (unpaired) electrons. The van der Waals surface area contributed by atoms with Crippen LogP contribution in [0.25, 0.3) is 0 Å². The number of rotatable bonds is 45. The molecule has 0 aromatic carbocycles. The van der Waals surface area contributed by atoms with E-state index in [9.17, 15) is 20.1 Å². The van der Waals surface area contributed by atoms with Crippen molar-refractivity contribution >= 4 is 5.91 Å². The monoisotopic (exact) mass is 752 g/mol. The number of aliphatic hydroxyl groups excluding tert-OH is 3. The van der Waals surface area contributed by atoms with Crippen LogP contribution in [0.1, 0.15) is 277 Å². The van der Waals surface area contributed by atoms with Crippen LogP contribution in [-0.2, 0) is 4.79 Å². The Balaban J connectivity index is 3.42. The van der Waals surface area contributed by atoms with Crippen LogP contribution in [0.5, 0.6) is 0 Å². The maximum absolute atomic E-state index is 12.4. The van der Waals surface area contributed by atoms with Gasteiger partial charge in [0.2, 0.25) is 5.91 Å². The molecule has 0 saturated carbocycles. The Morgan fingerprint density at radius 2 is 0.604 bits per heavy atom. The van der Waals surface area contributed by atoms with E-state index >= 15 is 0 Å². The van der Waals surface area contributed by atoms with E-state index < -0.39 is 24.2 Å². The van der Waals surface area contributed by atoms with Gasteiger partial charge in [0.25, 0.3) is 0 Å². The summed E-state index contributed by atoms with van der Waals surface area (Å²) >= 11 is 0. The third kappa shape index (κ3) is 39.4. The van der Waals surface area contributed by atoms with Crippen LogP contribution in [0, 0.1) is 0 Å². The zero-order valence-corrected chi connectivity index (χ0v) is 36.2. The molecule has 0 aromatic rings. The molecule has 318 valence electrons. The topological polar surface area (TPSA) is 89.8 Å². The van der Waals surface area contributed by atoms with Crippen molar-refractivity contribution < 1.29 is 20.1 Å². The molecule has 0 saturated heterocycles. The minimum atomic E-state index is -1.07. The van der Waals surface area contributed by atoms with Gasteiger partial charge in [0.15, 0.2) is 0 Å². The Bertz CT molecular complexity index is 703. The van der Waals surface area contributed by atoms with Gasteiger partial charge in [-0.25, -0.2) is 0 Å². The molecule has 0 aliphatic rings. The van der Waals surface area contributed by atoms with Crippen molar-refractivity contribution in [3.8, 4) is 0 Å². The quantitative estimate of drug-likeness (QED) is 0.0466. The molecule has 3 unspecified atom stereocenters. The summed E-state index contributed by atoms with van der Waals surface area (Å²) in [7, 11) is 0. The first-order valence-electron chi connectivity index (χ1n) is 24.3. The molecule has 0 bridgehead atoms. The molecule has 0 rings (SSSR count). The Morgan fingerprint density at radius 1 is 0.377 bits per heavy atom. The summed E-state index contributed by atoms with van der Waals surface area (Å²) in [6.07, 6.45) is 51.5. The smallest absolute Gasteiger partial charge is 0.249 e. The number of nitrogens with one attached hydrogen (secondary N) is 1. The highest BCUT2D eigenvalue weighted by molar-refractivity contribution is 5.80. The molecular weight excluding hydrogens is 655 g/mol. The van der Waals surface area contributed by atoms with Crippen molar-refractivity contribution in [1.82, 2.24) is 5.32 Å². The highest BCUT2D eigenvalue weighted by Crippen LogP contribution is 2.18. The molecule has 0 aromatic heterocycles. The largest absolute Gasteiger partial charge is 0.394 e. The fourth-order valence-corrected chi connectivity index (χ4v) is 7.90. The van der Waals surface area contributed by atoms with Gasteiger partial charge >= 0.3 is 0 Å². The first-order valence-corrected chi connectivity index (χ1v) is 24.3. The van der Waals surface area contributed by atoms with E-state index in [0.29, 0.717) is 12.8 Å². The molecule has 0 spiro atoms. The van der Waals surface area contributed by atoms with Crippen molar-refractivity contribution in [2.75, 3.05) is 6.61 Å². The standard InChI is InChI=1S/C48H97NO4/c1-3-5-7-9-11-13-14-15-16-17-18-19-20-21-22-23-24-25-26-27-28-29-30-31-32-33-35-37-39-41-43-47(52)48(53)49-45(44-50)46(51)42-40-38-36-34-12-10-8-6-4-2/h45-47,50-52H,3-44H2,1-2H3,(H,49,53). The maximum atomic E-state index is 12.4. The Morgan fingerprint density at radius 3 is 0.849 bits per heavy atom. The average molecular weight is 752 g/mol. The summed E-state index contributed by atoms with van der Waals surface area (Å²) in [6, 6.07) is -0.704. The third-order valence-electron chi connectivity index (χ3n) is 11.7. The predicted octanol–water partition coefficient (Wildman–Crippen LogP) is 14.2. The Kier molecular flexibility index (Phi) is 43.5. The number of aliphatic hydroxyl groups is 3. The second-order valence-electron chi connectivity index (χ2n) is 17.0. The van der Waals surface area contributed by atoms with Gasteiger partial charge in [-0.05, 0) is 12.8 Å². The van der Waals surface area contributed by atoms with Gasteiger partial charge in [-0.2, -0.15) is 0 Å². The van der Waals surface area contributed by atoms with E-state index in [1.54, 1.807) is 0 Å². The lowest BCUT2D eigenvalue weighted by Crippen LogP contribution is -2.49. The fourth-order valence-electron chi connectivity index (χ4n) is 7.90. The number of hydrogen-bond acceptors (Lipinski definition) is 4. The van der Waals surface area contributed by atoms with Crippen LogP contribution in [0.3, 0.4) is 0 Å². The molecule has 1 amide bonds. The number of carbonyl (C=O) groups is 1. The van der Waals surface area contributed by atoms with Crippen molar-refractivity contribution in [2.45, 2.75) is 295 Å². The van der Waals surface area contributed by atoms with Crippen LogP contribution in [0.15, 0.2) is 0 Å². The molecular formula is C48H97NO4. The van der Waals surface area contributed by atoms with E-state index in [4.69, 9.17) is 0 Å². The van der Waals surface area contributed by atoms with Crippen LogP contribution in [0.2, 0.25) is 0 Å². The maximum Gasteiger partial charge on any atom is 0.249 e. The number of amides is 1. The molecule has 4 N–H and O–H groups in total. The highest BCUT2D eigenvalue weighted by Gasteiger charge is 2.23. The van der Waals surface area contributed by atoms with Crippen LogP contribution >= 0.6 is 0 Å². The van der Waals surface area contributed by atoms with Crippen molar-refractivity contribution in [3.05, 3.63) is 0 Å². The summed E-state index contributed by atoms with van der Waals surface area (Å²) < 4.78 is 0. The summed E-state index contributed by atoms with van der Waals surface area (Å²) in [6.45, 7) is 4.23. The van der Waals surface area contributed by atoms with Crippen LogP contribution in [-0.4, -0.2) is 46.1 Å². The van der Waals surface area contributed by atoms with Gasteiger partial charge in [0.1, 0.15) is 6.10 Å². The molecule has 5 nitrogen and oxygen atoms in total. The normalized spacial score (nSPS) is 13.4. The van der Waals surface area contributed by atoms with Crippen molar-refractivity contribution in [3.63, 3.8) is 0 Å². The second-order valence-corrected chi connectivity index (χ2v) is 17.0. The minimum absolute atomic E-state index is 0.309. The number of carbonyl (C=O) groups excluding carboxylic acids is 1. The van der Waals surface area contributed by atoms with Gasteiger partial charge in [-0.3, -0.25) is 4.79 Å². The molecule has 0 aliphatic carbocycles. The van der Waals surface area contributed by atoms with Gasteiger partial charge in [-0.1, -0.05) is 264 Å². The lowest BCUT2D eigenvalue weighted by molar-refractivity contribution is -0.131. The van der Waals surface area contributed by atoms with E-state index in [-0.39, 0.29) is 6.61 Å². The Labute approximate surface area is 332 Å². The molecule has 0 aliphatic heterocycles. The fraction of sp³-hybridized carbons (Fsp3) is 0.979. The summed E-state index contributed by atoms with van der Waals surface area (Å²) in [5.41, 5.74) is 0. The van der Waals surface area contributed by atoms with E-state index in [1.165, 1.54) is 218 Å². The zero-order valence-electron chi connectivity index (χ0n) is 36.2. The van der Waals surface area contributed by atoms with Crippen molar-refractivity contribution in [1.29, 1.82) is 0 Å². The van der Waals surface area contributed by atoms with E-state index in [0.717, 1.165) is 32.1 Å². The second kappa shape index (κ2) is 44.1. The first-order chi connectivity index (χ1) is 26.1. The van der Waals surface area contributed by atoms with Gasteiger partial charge < -0.3 is 20.6 Å². The van der Waals surface area contributed by atoms with Crippen molar-refractivity contribution in [2.24, 2.45) is 0 Å². The van der Waals surface area contributed by atoms with Gasteiger partial charge in [-0.15, -0.1) is 0 Å². The summed E-state index contributed by atoms with van der Waals surface area (Å²) in [4.78, 5) is 12.4. The molecule has 0 heterocycles. The first kappa shape index (κ1) is 52.3. The van der Waals surface area contributed by atoms with Gasteiger partial charge in [0, 0.05) is 0 Å². The van der Waals surface area contributed by atoms with Crippen LogP contribution < -0.4 is 5.32 Å². The third-order valence-corrected chi connectivity index (χ3v) is 11.7. The lowest BCUT2D eigenvalue weighted by atomic mass is 10.0. The number of hydrogen-bond donors (Lipinski definition) is 4. The van der Waals surface area contributed by atoms with Crippen LogP contribution in [0.4, 0.5) is 0 Å². The highest BCUT2D eigenvalue weighted by atomic mass is 16.3. The minimum Gasteiger partial charge on any atom is -0.394 e.